The number of benzene rings is 1. The quantitative estimate of drug-likeness (QED) is 0.801. The number of H-pyrrole nitrogens is 1. The molecule has 1 aromatic carbocycles. The van der Waals surface area contributed by atoms with Gasteiger partial charge in [0, 0.05) is 7.05 Å². The summed E-state index contributed by atoms with van der Waals surface area (Å²) in [6, 6.07) is 4.69. The van der Waals surface area contributed by atoms with Crippen molar-refractivity contribution in [2.75, 3.05) is 13.6 Å². The van der Waals surface area contributed by atoms with Gasteiger partial charge in [-0.25, -0.2) is 4.39 Å². The summed E-state index contributed by atoms with van der Waals surface area (Å²) in [6.45, 7) is 3.17. The number of rotatable bonds is 4. The number of carbonyl (C=O) groups is 1. The molecule has 2 aromatic rings. The molecule has 118 valence electrons. The van der Waals surface area contributed by atoms with Crippen LogP contribution >= 0.6 is 0 Å². The highest BCUT2D eigenvalue weighted by Crippen LogP contribution is 2.22. The molecule has 0 spiro atoms. The number of aromatic nitrogens is 2. The van der Waals surface area contributed by atoms with E-state index in [9.17, 15) is 19.4 Å². The number of hydrogen-bond acceptors (Lipinski definition) is 4. The fourth-order valence-electron chi connectivity index (χ4n) is 2.07. The Bertz CT molecular complexity index is 699. The summed E-state index contributed by atoms with van der Waals surface area (Å²) in [5, 5.41) is 25.7. The molecule has 1 aromatic heterocycles. The fraction of sp³-hybridized carbons (Fsp3) is 0.333. The molecule has 0 fully saturated rings. The van der Waals surface area contributed by atoms with Crippen molar-refractivity contribution < 1.29 is 19.4 Å². The number of likely N-dealkylation sites (N-methyl/N-ethyl adjacent to an activating group) is 1. The van der Waals surface area contributed by atoms with E-state index in [4.69, 9.17) is 0 Å². The zero-order chi connectivity index (χ0) is 16.4. The molecule has 0 saturated carbocycles. The molecular formula is C15H18FN3O3. The summed E-state index contributed by atoms with van der Waals surface area (Å²) in [5.74, 6) is -1.17. The lowest BCUT2D eigenvalue weighted by Gasteiger charge is -2.20. The van der Waals surface area contributed by atoms with E-state index in [1.807, 2.05) is 0 Å². The first-order chi connectivity index (χ1) is 10.3. The van der Waals surface area contributed by atoms with Gasteiger partial charge in [0.05, 0.1) is 18.3 Å². The van der Waals surface area contributed by atoms with Gasteiger partial charge in [-0.05, 0) is 37.1 Å². The van der Waals surface area contributed by atoms with Gasteiger partial charge in [0.2, 0.25) is 0 Å². The Labute approximate surface area is 127 Å². The van der Waals surface area contributed by atoms with Gasteiger partial charge in [-0.1, -0.05) is 6.07 Å². The van der Waals surface area contributed by atoms with E-state index < -0.39 is 17.8 Å². The van der Waals surface area contributed by atoms with Gasteiger partial charge >= 0.3 is 0 Å². The molecule has 0 bridgehead atoms. The minimum absolute atomic E-state index is 0.0194. The topological polar surface area (TPSA) is 89.5 Å². The van der Waals surface area contributed by atoms with Gasteiger partial charge in [-0.2, -0.15) is 5.10 Å². The van der Waals surface area contributed by atoms with E-state index >= 15 is 0 Å². The van der Waals surface area contributed by atoms with Crippen molar-refractivity contribution in [3.8, 4) is 5.75 Å². The molecular weight excluding hydrogens is 289 g/mol. The Morgan fingerprint density at radius 3 is 2.68 bits per heavy atom. The summed E-state index contributed by atoms with van der Waals surface area (Å²) >= 11 is 0. The third-order valence-corrected chi connectivity index (χ3v) is 3.47. The van der Waals surface area contributed by atoms with E-state index in [-0.39, 0.29) is 23.7 Å². The lowest BCUT2D eigenvalue weighted by Crippen LogP contribution is -2.32. The number of aliphatic hydroxyl groups is 1. The van der Waals surface area contributed by atoms with E-state index in [0.29, 0.717) is 11.1 Å². The third kappa shape index (κ3) is 3.09. The summed E-state index contributed by atoms with van der Waals surface area (Å²) < 4.78 is 13.7. The Morgan fingerprint density at radius 2 is 2.14 bits per heavy atom. The molecule has 0 aliphatic rings. The number of phenols is 1. The van der Waals surface area contributed by atoms with Crippen LogP contribution in [0.1, 0.15) is 33.4 Å². The first-order valence-corrected chi connectivity index (χ1v) is 6.74. The maximum atomic E-state index is 13.7. The number of halogens is 1. The average molecular weight is 307 g/mol. The van der Waals surface area contributed by atoms with Crippen LogP contribution in [0.5, 0.6) is 5.75 Å². The summed E-state index contributed by atoms with van der Waals surface area (Å²) in [5.41, 5.74) is 1.08. The smallest absolute Gasteiger partial charge is 0.277 e. The minimum atomic E-state index is -0.948. The summed E-state index contributed by atoms with van der Waals surface area (Å²) in [7, 11) is 1.46. The van der Waals surface area contributed by atoms with Crippen LogP contribution in [0.2, 0.25) is 0 Å². The highest BCUT2D eigenvalue weighted by atomic mass is 19.1. The predicted molar refractivity (Wildman–Crippen MR) is 78.0 cm³/mol. The maximum Gasteiger partial charge on any atom is 0.277 e. The molecule has 1 amide bonds. The molecule has 0 saturated heterocycles. The zero-order valence-corrected chi connectivity index (χ0v) is 12.6. The van der Waals surface area contributed by atoms with Crippen LogP contribution in [0.25, 0.3) is 0 Å². The van der Waals surface area contributed by atoms with E-state index in [2.05, 4.69) is 10.2 Å². The Kier molecular flexibility index (Phi) is 4.46. The number of aromatic hydroxyl groups is 1. The molecule has 0 aliphatic heterocycles. The number of carbonyl (C=O) groups excluding carboxylic acids is 1. The van der Waals surface area contributed by atoms with Gasteiger partial charge in [-0.3, -0.25) is 9.89 Å². The second-order valence-corrected chi connectivity index (χ2v) is 5.26. The fourth-order valence-corrected chi connectivity index (χ4v) is 2.07. The zero-order valence-electron chi connectivity index (χ0n) is 12.6. The number of phenolic OH excluding ortho intramolecular Hbond substituents is 1. The number of aromatic amines is 1. The van der Waals surface area contributed by atoms with Gasteiger partial charge in [0.25, 0.3) is 5.91 Å². The molecule has 1 atom stereocenters. The Morgan fingerprint density at radius 1 is 1.45 bits per heavy atom. The van der Waals surface area contributed by atoms with Crippen molar-refractivity contribution >= 4 is 5.91 Å². The first-order valence-electron chi connectivity index (χ1n) is 6.74. The standard InChI is InChI=1S/C15H18FN3O3/c1-8-6-10(4-5-11(8)20)12(21)7-19(3)15(22)14-13(16)9(2)17-18-14/h4-6,12,20-21H,7H2,1-3H3,(H,17,18). The normalized spacial score (nSPS) is 12.2. The van der Waals surface area contributed by atoms with Crippen molar-refractivity contribution in [1.82, 2.24) is 15.1 Å². The van der Waals surface area contributed by atoms with Crippen molar-refractivity contribution in [2.45, 2.75) is 20.0 Å². The van der Waals surface area contributed by atoms with Gasteiger partial charge in [-0.15, -0.1) is 0 Å². The third-order valence-electron chi connectivity index (χ3n) is 3.47. The number of amides is 1. The van der Waals surface area contributed by atoms with Crippen LogP contribution in [0.15, 0.2) is 18.2 Å². The van der Waals surface area contributed by atoms with Gasteiger partial charge < -0.3 is 15.1 Å². The van der Waals surface area contributed by atoms with Crippen molar-refractivity contribution in [2.24, 2.45) is 0 Å². The predicted octanol–water partition coefficient (Wildman–Crippen LogP) is 1.68. The number of aliphatic hydroxyl groups excluding tert-OH is 1. The average Bonchev–Trinajstić information content (AvgIpc) is 2.81. The van der Waals surface area contributed by atoms with Crippen molar-refractivity contribution in [3.63, 3.8) is 0 Å². The minimum Gasteiger partial charge on any atom is -0.508 e. The van der Waals surface area contributed by atoms with Gasteiger partial charge in [0.1, 0.15) is 5.75 Å². The second-order valence-electron chi connectivity index (χ2n) is 5.26. The lowest BCUT2D eigenvalue weighted by molar-refractivity contribution is 0.0671. The maximum absolute atomic E-state index is 13.7. The van der Waals surface area contributed by atoms with Crippen molar-refractivity contribution in [3.05, 3.63) is 46.5 Å². The van der Waals surface area contributed by atoms with Crippen LogP contribution in [0.3, 0.4) is 0 Å². The van der Waals surface area contributed by atoms with E-state index in [1.54, 1.807) is 19.1 Å². The number of hydrogen-bond donors (Lipinski definition) is 3. The largest absolute Gasteiger partial charge is 0.508 e. The Hall–Kier alpha value is -2.41. The number of nitrogens with one attached hydrogen (secondary N) is 1. The van der Waals surface area contributed by atoms with Crippen LogP contribution in [0, 0.1) is 19.7 Å². The summed E-state index contributed by atoms with van der Waals surface area (Å²) in [4.78, 5) is 13.3. The summed E-state index contributed by atoms with van der Waals surface area (Å²) in [6.07, 6.45) is -0.948. The molecule has 0 radical (unpaired) electrons. The highest BCUT2D eigenvalue weighted by molar-refractivity contribution is 5.92. The van der Waals surface area contributed by atoms with Crippen molar-refractivity contribution in [1.29, 1.82) is 0 Å². The number of aryl methyl sites for hydroxylation is 2. The van der Waals surface area contributed by atoms with Crippen LogP contribution < -0.4 is 0 Å². The SMILES string of the molecule is Cc1cc(C(O)CN(C)C(=O)c2n[nH]c(C)c2F)ccc1O. The second kappa shape index (κ2) is 6.15. The van der Waals surface area contributed by atoms with E-state index in [1.165, 1.54) is 24.9 Å². The van der Waals surface area contributed by atoms with E-state index in [0.717, 1.165) is 0 Å². The Balaban J connectivity index is 2.10. The molecule has 6 nitrogen and oxygen atoms in total. The van der Waals surface area contributed by atoms with Crippen LogP contribution in [0.4, 0.5) is 4.39 Å². The molecule has 1 heterocycles. The molecule has 0 aliphatic carbocycles. The molecule has 1 unspecified atom stereocenters. The monoisotopic (exact) mass is 307 g/mol. The molecule has 22 heavy (non-hydrogen) atoms. The first kappa shape index (κ1) is 16.0. The highest BCUT2D eigenvalue weighted by Gasteiger charge is 2.23. The molecule has 2 rings (SSSR count). The lowest BCUT2D eigenvalue weighted by atomic mass is 10.1. The molecule has 7 heteroatoms. The molecule has 3 N–H and O–H groups in total. The van der Waals surface area contributed by atoms with Crippen LogP contribution in [-0.2, 0) is 0 Å². The van der Waals surface area contributed by atoms with Gasteiger partial charge in [0.15, 0.2) is 11.5 Å². The number of nitrogens with zero attached hydrogens (tertiary/aromatic N) is 2. The van der Waals surface area contributed by atoms with Crippen LogP contribution in [-0.4, -0.2) is 44.8 Å².